The van der Waals surface area contributed by atoms with E-state index in [2.05, 4.69) is 27.7 Å². The molecule has 1 aliphatic heterocycles. The van der Waals surface area contributed by atoms with Gasteiger partial charge in [0.25, 0.3) is 0 Å². The maximum absolute atomic E-state index is 12.0. The lowest BCUT2D eigenvalue weighted by atomic mass is 10.1. The Morgan fingerprint density at radius 1 is 1.12 bits per heavy atom. The van der Waals surface area contributed by atoms with Crippen molar-refractivity contribution in [2.24, 2.45) is 11.8 Å². The van der Waals surface area contributed by atoms with Crippen LogP contribution in [0.15, 0.2) is 24.3 Å². The SMILES string of the molecule is CC(C(=O)NCC(=O)Nc1ccc(N2CCCCC2)cc1)C1CC1. The second-order valence-electron chi connectivity index (χ2n) is 6.99. The summed E-state index contributed by atoms with van der Waals surface area (Å²) in [7, 11) is 0. The van der Waals surface area contributed by atoms with Crippen molar-refractivity contribution in [2.45, 2.75) is 39.0 Å². The molecule has 0 radical (unpaired) electrons. The molecule has 130 valence electrons. The predicted molar refractivity (Wildman–Crippen MR) is 96.0 cm³/mol. The molecule has 1 atom stereocenters. The summed E-state index contributed by atoms with van der Waals surface area (Å²) in [6.45, 7) is 4.18. The lowest BCUT2D eigenvalue weighted by molar-refractivity contribution is -0.127. The molecule has 0 spiro atoms. The monoisotopic (exact) mass is 329 g/mol. The molecule has 0 bridgehead atoms. The Labute approximate surface area is 143 Å². The highest BCUT2D eigenvalue weighted by Crippen LogP contribution is 2.36. The first-order valence-electron chi connectivity index (χ1n) is 9.06. The molecule has 1 heterocycles. The Hall–Kier alpha value is -2.04. The number of hydrogen-bond acceptors (Lipinski definition) is 3. The summed E-state index contributed by atoms with van der Waals surface area (Å²) in [5.41, 5.74) is 1.98. The van der Waals surface area contributed by atoms with Gasteiger partial charge in [-0.25, -0.2) is 0 Å². The Morgan fingerprint density at radius 2 is 1.79 bits per heavy atom. The van der Waals surface area contributed by atoms with Crippen molar-refractivity contribution in [3.05, 3.63) is 24.3 Å². The number of piperidine rings is 1. The van der Waals surface area contributed by atoms with E-state index in [1.165, 1.54) is 24.9 Å². The summed E-state index contributed by atoms with van der Waals surface area (Å²) in [5, 5.41) is 5.57. The standard InChI is InChI=1S/C19H27N3O2/c1-14(15-5-6-15)19(24)20-13-18(23)21-16-7-9-17(10-8-16)22-11-3-2-4-12-22/h7-10,14-15H,2-6,11-13H2,1H3,(H,20,24)(H,21,23). The smallest absolute Gasteiger partial charge is 0.243 e. The van der Waals surface area contributed by atoms with Gasteiger partial charge in [-0.05, 0) is 62.3 Å². The highest BCUT2D eigenvalue weighted by atomic mass is 16.2. The second-order valence-corrected chi connectivity index (χ2v) is 6.99. The maximum atomic E-state index is 12.0. The molecule has 2 amide bonds. The van der Waals surface area contributed by atoms with Crippen molar-refractivity contribution in [1.29, 1.82) is 0 Å². The fraction of sp³-hybridized carbons (Fsp3) is 0.579. The summed E-state index contributed by atoms with van der Waals surface area (Å²) in [5.74, 6) is 0.321. The molecule has 2 N–H and O–H groups in total. The third-order valence-corrected chi connectivity index (χ3v) is 5.04. The molecule has 1 unspecified atom stereocenters. The minimum atomic E-state index is -0.183. The Morgan fingerprint density at radius 3 is 2.42 bits per heavy atom. The van der Waals surface area contributed by atoms with Gasteiger partial charge in [0.15, 0.2) is 0 Å². The lowest BCUT2D eigenvalue weighted by Gasteiger charge is -2.28. The fourth-order valence-electron chi connectivity index (χ4n) is 3.25. The molecule has 1 aromatic carbocycles. The molecule has 1 aliphatic carbocycles. The van der Waals surface area contributed by atoms with Gasteiger partial charge >= 0.3 is 0 Å². The first kappa shape index (κ1) is 16.8. The van der Waals surface area contributed by atoms with Gasteiger partial charge in [-0.1, -0.05) is 6.92 Å². The quantitative estimate of drug-likeness (QED) is 0.843. The van der Waals surface area contributed by atoms with E-state index in [9.17, 15) is 9.59 Å². The van der Waals surface area contributed by atoms with Crippen LogP contribution in [0.5, 0.6) is 0 Å². The van der Waals surface area contributed by atoms with Gasteiger partial charge in [0.1, 0.15) is 0 Å². The minimum Gasteiger partial charge on any atom is -0.372 e. The summed E-state index contributed by atoms with van der Waals surface area (Å²) in [6.07, 6.45) is 6.07. The van der Waals surface area contributed by atoms with Crippen LogP contribution in [0.3, 0.4) is 0 Å². The molecule has 1 saturated carbocycles. The first-order chi connectivity index (χ1) is 11.6. The zero-order valence-electron chi connectivity index (χ0n) is 14.4. The van der Waals surface area contributed by atoms with E-state index in [1.54, 1.807) is 0 Å². The lowest BCUT2D eigenvalue weighted by Crippen LogP contribution is -2.36. The Kier molecular flexibility index (Phi) is 5.38. The number of hydrogen-bond donors (Lipinski definition) is 2. The van der Waals surface area contributed by atoms with Gasteiger partial charge in [-0.15, -0.1) is 0 Å². The number of amides is 2. The third-order valence-electron chi connectivity index (χ3n) is 5.04. The van der Waals surface area contributed by atoms with Crippen LogP contribution in [0.4, 0.5) is 11.4 Å². The number of anilines is 2. The molecule has 5 heteroatoms. The van der Waals surface area contributed by atoms with Crippen molar-refractivity contribution in [3.63, 3.8) is 0 Å². The van der Waals surface area contributed by atoms with E-state index in [4.69, 9.17) is 0 Å². The van der Waals surface area contributed by atoms with Crippen LogP contribution in [0.1, 0.15) is 39.0 Å². The Balaban J connectivity index is 1.44. The van der Waals surface area contributed by atoms with Crippen LogP contribution < -0.4 is 15.5 Å². The molecular formula is C19H27N3O2. The number of carbonyl (C=O) groups excluding carboxylic acids is 2. The predicted octanol–water partition coefficient (Wildman–Crippen LogP) is 2.78. The van der Waals surface area contributed by atoms with Crippen LogP contribution in [0.2, 0.25) is 0 Å². The zero-order valence-corrected chi connectivity index (χ0v) is 14.4. The van der Waals surface area contributed by atoms with E-state index < -0.39 is 0 Å². The number of carbonyl (C=O) groups is 2. The number of rotatable bonds is 6. The highest BCUT2D eigenvalue weighted by molar-refractivity contribution is 5.94. The second kappa shape index (κ2) is 7.69. The van der Waals surface area contributed by atoms with Crippen molar-refractivity contribution < 1.29 is 9.59 Å². The molecule has 0 aromatic heterocycles. The number of nitrogens with zero attached hydrogens (tertiary/aromatic N) is 1. The number of benzene rings is 1. The van der Waals surface area contributed by atoms with Gasteiger partial charge in [0, 0.05) is 30.4 Å². The third kappa shape index (κ3) is 4.49. The van der Waals surface area contributed by atoms with E-state index in [1.807, 2.05) is 19.1 Å². The van der Waals surface area contributed by atoms with Gasteiger partial charge < -0.3 is 15.5 Å². The van der Waals surface area contributed by atoms with Crippen LogP contribution in [0, 0.1) is 11.8 Å². The molecule has 1 aromatic rings. The van der Waals surface area contributed by atoms with Crippen LogP contribution in [0.25, 0.3) is 0 Å². The normalized spacial score (nSPS) is 18.8. The highest BCUT2D eigenvalue weighted by Gasteiger charge is 2.32. The molecule has 2 fully saturated rings. The van der Waals surface area contributed by atoms with E-state index in [-0.39, 0.29) is 24.3 Å². The zero-order chi connectivity index (χ0) is 16.9. The first-order valence-corrected chi connectivity index (χ1v) is 9.06. The summed E-state index contributed by atoms with van der Waals surface area (Å²) >= 11 is 0. The molecule has 2 aliphatic rings. The maximum Gasteiger partial charge on any atom is 0.243 e. The molecule has 3 rings (SSSR count). The summed E-state index contributed by atoms with van der Waals surface area (Å²) < 4.78 is 0. The van der Waals surface area contributed by atoms with Gasteiger partial charge in [-0.2, -0.15) is 0 Å². The van der Waals surface area contributed by atoms with E-state index >= 15 is 0 Å². The molecule has 1 saturated heterocycles. The van der Waals surface area contributed by atoms with Crippen molar-refractivity contribution >= 4 is 23.2 Å². The molecular weight excluding hydrogens is 302 g/mol. The van der Waals surface area contributed by atoms with E-state index in [0.29, 0.717) is 5.92 Å². The average molecular weight is 329 g/mol. The van der Waals surface area contributed by atoms with Crippen molar-refractivity contribution in [3.8, 4) is 0 Å². The van der Waals surface area contributed by atoms with Gasteiger partial charge in [0.05, 0.1) is 6.54 Å². The molecule has 5 nitrogen and oxygen atoms in total. The van der Waals surface area contributed by atoms with Gasteiger partial charge in [0.2, 0.25) is 11.8 Å². The van der Waals surface area contributed by atoms with Crippen molar-refractivity contribution in [1.82, 2.24) is 5.32 Å². The van der Waals surface area contributed by atoms with E-state index in [0.717, 1.165) is 31.6 Å². The fourth-order valence-corrected chi connectivity index (χ4v) is 3.25. The summed E-state index contributed by atoms with van der Waals surface area (Å²) in [6, 6.07) is 7.95. The Bertz CT molecular complexity index is 575. The van der Waals surface area contributed by atoms with Crippen molar-refractivity contribution in [2.75, 3.05) is 29.9 Å². The average Bonchev–Trinajstić information content (AvgIpc) is 3.45. The molecule has 24 heavy (non-hydrogen) atoms. The minimum absolute atomic E-state index is 0.0154. The summed E-state index contributed by atoms with van der Waals surface area (Å²) in [4.78, 5) is 26.3. The van der Waals surface area contributed by atoms with Crippen LogP contribution >= 0.6 is 0 Å². The largest absolute Gasteiger partial charge is 0.372 e. The van der Waals surface area contributed by atoms with Crippen LogP contribution in [-0.4, -0.2) is 31.4 Å². The topological polar surface area (TPSA) is 61.4 Å². The number of nitrogens with one attached hydrogen (secondary N) is 2. The van der Waals surface area contributed by atoms with Gasteiger partial charge in [-0.3, -0.25) is 9.59 Å². The van der Waals surface area contributed by atoms with Crippen LogP contribution in [-0.2, 0) is 9.59 Å².